The van der Waals surface area contributed by atoms with Gasteiger partial charge in [-0.2, -0.15) is 0 Å². The van der Waals surface area contributed by atoms with Crippen LogP contribution >= 0.6 is 0 Å². The molecule has 1 saturated heterocycles. The fraction of sp³-hybridized carbons (Fsp3) is 0.355. The highest BCUT2D eigenvalue weighted by Gasteiger charge is 2.54. The number of carbonyl (C=O) groups is 1. The zero-order valence-corrected chi connectivity index (χ0v) is 22.7. The normalized spacial score (nSPS) is 19.8. The van der Waals surface area contributed by atoms with Gasteiger partial charge in [0.2, 0.25) is 5.91 Å². The second-order valence-corrected chi connectivity index (χ2v) is 12.9. The van der Waals surface area contributed by atoms with Crippen LogP contribution in [0.15, 0.2) is 60.8 Å². The Morgan fingerprint density at radius 3 is 2.39 bits per heavy atom. The summed E-state index contributed by atoms with van der Waals surface area (Å²) in [5.74, 6) is 0.166. The second kappa shape index (κ2) is 8.89. The van der Waals surface area contributed by atoms with Crippen LogP contribution in [-0.4, -0.2) is 56.6 Å². The molecule has 3 aliphatic rings. The predicted molar refractivity (Wildman–Crippen MR) is 153 cm³/mol. The molecule has 0 saturated carbocycles. The molecule has 4 aromatic rings. The Hall–Kier alpha value is -3.29. The fourth-order valence-electron chi connectivity index (χ4n) is 6.90. The zero-order valence-electron chi connectivity index (χ0n) is 21.9. The van der Waals surface area contributed by atoms with Crippen LogP contribution in [0, 0.1) is 0 Å². The summed E-state index contributed by atoms with van der Waals surface area (Å²) < 4.78 is 11.8. The van der Waals surface area contributed by atoms with Crippen molar-refractivity contribution in [1.82, 2.24) is 14.9 Å². The van der Waals surface area contributed by atoms with E-state index in [1.807, 2.05) is 19.5 Å². The van der Waals surface area contributed by atoms with Crippen molar-refractivity contribution in [3.05, 3.63) is 83.0 Å². The molecule has 1 N–H and O–H groups in total. The van der Waals surface area contributed by atoms with Gasteiger partial charge in [0.1, 0.15) is 5.65 Å². The highest BCUT2D eigenvalue weighted by atomic mass is 32.2. The number of benzene rings is 2. The molecule has 1 amide bonds. The maximum Gasteiger partial charge on any atom is 0.238 e. The lowest BCUT2D eigenvalue weighted by atomic mass is 9.78. The van der Waals surface area contributed by atoms with Crippen molar-refractivity contribution in [1.29, 1.82) is 0 Å². The van der Waals surface area contributed by atoms with Gasteiger partial charge in [-0.15, -0.1) is 0 Å². The summed E-state index contributed by atoms with van der Waals surface area (Å²) in [6.07, 6.45) is 7.18. The number of rotatable bonds is 4. The Bertz CT molecular complexity index is 1560. The number of hydrogen-bond donors (Lipinski definition) is 1. The van der Waals surface area contributed by atoms with E-state index in [2.05, 4.69) is 64.5 Å². The van der Waals surface area contributed by atoms with Gasteiger partial charge < -0.3 is 9.88 Å². The van der Waals surface area contributed by atoms with E-state index >= 15 is 0 Å². The van der Waals surface area contributed by atoms with Crippen LogP contribution in [0.1, 0.15) is 35.1 Å². The van der Waals surface area contributed by atoms with Gasteiger partial charge in [-0.3, -0.25) is 13.9 Å². The van der Waals surface area contributed by atoms with Gasteiger partial charge in [-0.1, -0.05) is 48.5 Å². The number of carbonyl (C=O) groups excluding carboxylic acids is 1. The summed E-state index contributed by atoms with van der Waals surface area (Å²) in [5.41, 5.74) is 8.27. The van der Waals surface area contributed by atoms with Crippen LogP contribution in [0.5, 0.6) is 0 Å². The maximum atomic E-state index is 13.7. The molecule has 4 heterocycles. The third-order valence-electron chi connectivity index (χ3n) is 8.97. The standard InChI is InChI=1S/C31H32N4O2S/c1-34-27-18-32-29-25(28(27)31(30(34)36)16-22-5-3-4-6-23(22)17-31)15-26(33-29)21-9-7-20(8-10-21)19-35-13-11-24(12-14-35)38(2)37/h3-10,15,18,24H,11-14,16-17,19H2,1-2H3,(H,32,33). The van der Waals surface area contributed by atoms with E-state index in [0.717, 1.165) is 78.9 Å². The monoisotopic (exact) mass is 524 g/mol. The smallest absolute Gasteiger partial charge is 0.238 e. The molecule has 7 rings (SSSR count). The van der Waals surface area contributed by atoms with Gasteiger partial charge in [0.25, 0.3) is 0 Å². The number of H-pyrrole nitrogens is 1. The first-order chi connectivity index (χ1) is 18.4. The van der Waals surface area contributed by atoms with E-state index in [1.165, 1.54) is 16.7 Å². The van der Waals surface area contributed by atoms with Crippen molar-refractivity contribution in [2.75, 3.05) is 31.3 Å². The second-order valence-electron chi connectivity index (χ2n) is 11.2. The Balaban J connectivity index is 1.18. The highest BCUT2D eigenvalue weighted by molar-refractivity contribution is 7.84. The molecule has 7 heteroatoms. The lowest BCUT2D eigenvalue weighted by Gasteiger charge is -2.30. The molecule has 1 aliphatic carbocycles. The number of piperidine rings is 1. The number of anilines is 1. The minimum atomic E-state index is -0.719. The number of amides is 1. The number of likely N-dealkylation sites (tertiary alicyclic amines) is 1. The molecule has 2 aliphatic heterocycles. The Morgan fingerprint density at radius 2 is 1.74 bits per heavy atom. The number of fused-ring (bicyclic) bond motifs is 5. The lowest BCUT2D eigenvalue weighted by molar-refractivity contribution is -0.122. The van der Waals surface area contributed by atoms with Crippen LogP contribution in [0.4, 0.5) is 5.69 Å². The molecule has 0 bridgehead atoms. The maximum absolute atomic E-state index is 13.7. The van der Waals surface area contributed by atoms with Gasteiger partial charge in [0, 0.05) is 52.5 Å². The minimum absolute atomic E-state index is 0.166. The van der Waals surface area contributed by atoms with E-state index in [4.69, 9.17) is 4.98 Å². The molecular weight excluding hydrogens is 492 g/mol. The average molecular weight is 525 g/mol. The van der Waals surface area contributed by atoms with Crippen LogP contribution in [0.3, 0.4) is 0 Å². The topological polar surface area (TPSA) is 69.3 Å². The first-order valence-corrected chi connectivity index (χ1v) is 15.1. The number of nitrogens with zero attached hydrogens (tertiary/aromatic N) is 3. The first kappa shape index (κ1) is 23.8. The fourth-order valence-corrected chi connectivity index (χ4v) is 7.78. The van der Waals surface area contributed by atoms with E-state index in [9.17, 15) is 9.00 Å². The van der Waals surface area contributed by atoms with Gasteiger partial charge in [-0.25, -0.2) is 4.98 Å². The molecule has 1 fully saturated rings. The molecule has 2 aromatic carbocycles. The van der Waals surface area contributed by atoms with Crippen molar-refractivity contribution in [2.45, 2.75) is 42.9 Å². The first-order valence-electron chi connectivity index (χ1n) is 13.4. The van der Waals surface area contributed by atoms with Crippen LogP contribution in [-0.2, 0) is 40.4 Å². The Morgan fingerprint density at radius 1 is 1.05 bits per heavy atom. The number of hydrogen-bond acceptors (Lipinski definition) is 4. The Kier molecular flexibility index (Phi) is 5.57. The Labute approximate surface area is 225 Å². The molecule has 2 aromatic heterocycles. The molecule has 38 heavy (non-hydrogen) atoms. The summed E-state index contributed by atoms with van der Waals surface area (Å²) in [7, 11) is 1.16. The number of aromatic nitrogens is 2. The van der Waals surface area contributed by atoms with E-state index in [1.54, 1.807) is 4.90 Å². The third kappa shape index (κ3) is 3.67. The van der Waals surface area contributed by atoms with E-state index in [0.29, 0.717) is 5.25 Å². The number of aromatic amines is 1. The number of pyridine rings is 1. The molecule has 1 atom stereocenters. The summed E-state index contributed by atoms with van der Waals surface area (Å²) in [4.78, 5) is 26.2. The summed E-state index contributed by atoms with van der Waals surface area (Å²) in [6, 6.07) is 19.4. The third-order valence-corrected chi connectivity index (χ3v) is 10.4. The SMILES string of the molecule is CN1C(=O)C2(Cc3ccccc3C2)c2c1cnc1[nH]c(-c3ccc(CN4CCC(S(C)=O)CC4)cc3)cc21. The number of likely N-dealkylation sites (N-methyl/N-ethyl adjacent to an activating group) is 1. The van der Waals surface area contributed by atoms with Crippen molar-refractivity contribution in [2.24, 2.45) is 0 Å². The quantitative estimate of drug-likeness (QED) is 0.424. The molecule has 1 spiro atoms. The molecule has 1 unspecified atom stereocenters. The van der Waals surface area contributed by atoms with Gasteiger partial charge in [0.15, 0.2) is 0 Å². The molecule has 6 nitrogen and oxygen atoms in total. The highest BCUT2D eigenvalue weighted by Crippen LogP contribution is 2.51. The predicted octanol–water partition coefficient (Wildman–Crippen LogP) is 4.59. The largest absolute Gasteiger partial charge is 0.339 e. The summed E-state index contributed by atoms with van der Waals surface area (Å²) in [6.45, 7) is 2.93. The van der Waals surface area contributed by atoms with Crippen LogP contribution in [0.25, 0.3) is 22.3 Å². The lowest BCUT2D eigenvalue weighted by Crippen LogP contribution is -2.39. The summed E-state index contributed by atoms with van der Waals surface area (Å²) in [5, 5.41) is 1.39. The van der Waals surface area contributed by atoms with Crippen LogP contribution in [0.2, 0.25) is 0 Å². The van der Waals surface area contributed by atoms with E-state index in [-0.39, 0.29) is 5.91 Å². The molecular formula is C31H32N4O2S. The number of nitrogens with one attached hydrogen (secondary N) is 1. The molecule has 194 valence electrons. The molecule has 0 radical (unpaired) electrons. The summed E-state index contributed by atoms with van der Waals surface area (Å²) >= 11 is 0. The van der Waals surface area contributed by atoms with Gasteiger partial charge in [-0.05, 0) is 67.1 Å². The van der Waals surface area contributed by atoms with Crippen LogP contribution < -0.4 is 4.90 Å². The van der Waals surface area contributed by atoms with E-state index < -0.39 is 16.2 Å². The van der Waals surface area contributed by atoms with Crippen molar-refractivity contribution >= 4 is 33.4 Å². The van der Waals surface area contributed by atoms with Gasteiger partial charge in [0.05, 0.1) is 17.3 Å². The van der Waals surface area contributed by atoms with Crippen molar-refractivity contribution in [3.8, 4) is 11.3 Å². The average Bonchev–Trinajstić information content (AvgIpc) is 3.59. The van der Waals surface area contributed by atoms with Gasteiger partial charge >= 0.3 is 0 Å². The van der Waals surface area contributed by atoms with Crippen molar-refractivity contribution < 1.29 is 9.00 Å². The van der Waals surface area contributed by atoms with Crippen molar-refractivity contribution in [3.63, 3.8) is 0 Å². The zero-order chi connectivity index (χ0) is 26.0. The minimum Gasteiger partial charge on any atom is -0.339 e.